The first-order valence-electron chi connectivity index (χ1n) is 3.13. The fourth-order valence-electron chi connectivity index (χ4n) is 0.476. The Morgan fingerprint density at radius 3 is 2.11 bits per heavy atom. The molecule has 0 saturated heterocycles. The van der Waals surface area contributed by atoms with Crippen LogP contribution in [-0.2, 0) is 0 Å². The van der Waals surface area contributed by atoms with E-state index >= 15 is 0 Å². The molecule has 0 radical (unpaired) electrons. The van der Waals surface area contributed by atoms with Gasteiger partial charge in [0.2, 0.25) is 0 Å². The van der Waals surface area contributed by atoms with Crippen LogP contribution in [0.2, 0.25) is 0 Å². The highest BCUT2D eigenvalue weighted by atomic mass is 15.1. The summed E-state index contributed by atoms with van der Waals surface area (Å²) in [5.41, 5.74) is 0.977. The van der Waals surface area contributed by atoms with E-state index in [2.05, 4.69) is 31.9 Å². The molecular weight excluding hydrogens is 110 g/mol. The van der Waals surface area contributed by atoms with Gasteiger partial charge in [0.05, 0.1) is 0 Å². The molecule has 0 unspecified atom stereocenters. The number of allylic oxidation sites excluding steroid dienone is 1. The summed E-state index contributed by atoms with van der Waals surface area (Å²) in [6.45, 7) is 11.7. The Morgan fingerprint density at radius 1 is 1.56 bits per heavy atom. The first-order valence-corrected chi connectivity index (χ1v) is 3.13. The predicted octanol–water partition coefficient (Wildman–Crippen LogP) is 2.03. The van der Waals surface area contributed by atoms with Crippen molar-refractivity contribution in [3.63, 3.8) is 0 Å². The summed E-state index contributed by atoms with van der Waals surface area (Å²) in [7, 11) is 2.01. The number of nitrogens with zero attached hydrogens (tertiary/aromatic N) is 1. The van der Waals surface area contributed by atoms with Gasteiger partial charge in [-0.3, -0.25) is 0 Å². The molecule has 0 aromatic rings. The number of likely N-dealkylation sites (N-methyl/N-ethyl adjacent to an activating group) is 1. The van der Waals surface area contributed by atoms with Crippen molar-refractivity contribution in [3.05, 3.63) is 24.9 Å². The van der Waals surface area contributed by atoms with E-state index in [-0.39, 0.29) is 0 Å². The van der Waals surface area contributed by atoms with Gasteiger partial charge in [0.1, 0.15) is 0 Å². The van der Waals surface area contributed by atoms with Crippen molar-refractivity contribution in [1.29, 1.82) is 0 Å². The summed E-state index contributed by atoms with van der Waals surface area (Å²) in [4.78, 5) is 2.08. The topological polar surface area (TPSA) is 3.24 Å². The molecule has 0 rings (SSSR count). The lowest BCUT2D eigenvalue weighted by molar-refractivity contribution is 0.356. The molecule has 0 bridgehead atoms. The van der Waals surface area contributed by atoms with Gasteiger partial charge in [-0.25, -0.2) is 0 Å². The molecule has 1 nitrogen and oxygen atoms in total. The number of hydrogen-bond acceptors (Lipinski definition) is 1. The zero-order chi connectivity index (χ0) is 7.44. The van der Waals surface area contributed by atoms with E-state index < -0.39 is 0 Å². The average Bonchev–Trinajstić information content (AvgIpc) is 1.84. The van der Waals surface area contributed by atoms with Crippen molar-refractivity contribution < 1.29 is 0 Å². The summed E-state index contributed by atoms with van der Waals surface area (Å²) in [6, 6.07) is 0.510. The molecule has 0 N–H and O–H groups in total. The molecule has 9 heavy (non-hydrogen) atoms. The average molecular weight is 125 g/mol. The molecule has 0 fully saturated rings. The highest BCUT2D eigenvalue weighted by molar-refractivity contribution is 5.09. The molecule has 0 amide bonds. The van der Waals surface area contributed by atoms with E-state index in [0.717, 1.165) is 5.70 Å². The van der Waals surface area contributed by atoms with Gasteiger partial charge in [0.15, 0.2) is 0 Å². The van der Waals surface area contributed by atoms with Crippen LogP contribution in [0.5, 0.6) is 0 Å². The Morgan fingerprint density at radius 2 is 2.00 bits per heavy atom. The van der Waals surface area contributed by atoms with E-state index in [1.807, 2.05) is 7.05 Å². The van der Waals surface area contributed by atoms with Gasteiger partial charge in [-0.2, -0.15) is 0 Å². The van der Waals surface area contributed by atoms with E-state index in [1.54, 1.807) is 6.08 Å². The van der Waals surface area contributed by atoms with Crippen LogP contribution in [0.15, 0.2) is 24.9 Å². The first kappa shape index (κ1) is 8.28. The molecule has 0 aliphatic heterocycles. The normalized spacial score (nSPS) is 9.33. The van der Waals surface area contributed by atoms with E-state index in [9.17, 15) is 0 Å². The van der Waals surface area contributed by atoms with Crippen LogP contribution >= 0.6 is 0 Å². The smallest absolute Gasteiger partial charge is 0.0286 e. The maximum atomic E-state index is 3.80. The quantitative estimate of drug-likeness (QED) is 0.522. The van der Waals surface area contributed by atoms with E-state index in [1.165, 1.54) is 0 Å². The third-order valence-corrected chi connectivity index (χ3v) is 1.46. The van der Waals surface area contributed by atoms with Crippen molar-refractivity contribution >= 4 is 0 Å². The Balaban J connectivity index is 3.87. The fourth-order valence-corrected chi connectivity index (χ4v) is 0.476. The van der Waals surface area contributed by atoms with Crippen LogP contribution in [0.4, 0.5) is 0 Å². The second-order valence-electron chi connectivity index (χ2n) is 2.40. The third kappa shape index (κ3) is 2.36. The summed E-state index contributed by atoms with van der Waals surface area (Å²) in [5, 5.41) is 0. The zero-order valence-corrected chi connectivity index (χ0v) is 6.52. The minimum Gasteiger partial charge on any atom is -0.373 e. The van der Waals surface area contributed by atoms with E-state index in [0.29, 0.717) is 6.04 Å². The van der Waals surface area contributed by atoms with Gasteiger partial charge in [0, 0.05) is 18.8 Å². The molecule has 0 aromatic heterocycles. The molecule has 0 atom stereocenters. The lowest BCUT2D eigenvalue weighted by Gasteiger charge is -2.23. The van der Waals surface area contributed by atoms with Gasteiger partial charge in [-0.15, -0.1) is 0 Å². The largest absolute Gasteiger partial charge is 0.373 e. The standard InChI is InChI=1S/C8H15N/c1-6-8(4)9(5)7(2)3/h6-7H,1,4H2,2-3,5H3. The Bertz CT molecular complexity index is 114. The zero-order valence-electron chi connectivity index (χ0n) is 6.52. The van der Waals surface area contributed by atoms with Gasteiger partial charge < -0.3 is 4.90 Å². The van der Waals surface area contributed by atoms with Crippen molar-refractivity contribution in [1.82, 2.24) is 4.90 Å². The van der Waals surface area contributed by atoms with Crippen molar-refractivity contribution in [2.45, 2.75) is 19.9 Å². The highest BCUT2D eigenvalue weighted by Crippen LogP contribution is 2.03. The molecule has 0 aromatic carbocycles. The molecule has 0 aliphatic carbocycles. The van der Waals surface area contributed by atoms with Crippen LogP contribution < -0.4 is 0 Å². The van der Waals surface area contributed by atoms with Crippen molar-refractivity contribution in [2.24, 2.45) is 0 Å². The number of rotatable bonds is 3. The second kappa shape index (κ2) is 3.33. The fraction of sp³-hybridized carbons (Fsp3) is 0.500. The highest BCUT2D eigenvalue weighted by Gasteiger charge is 2.00. The molecule has 0 heterocycles. The molecule has 0 spiro atoms. The summed E-state index contributed by atoms with van der Waals surface area (Å²) in [5.74, 6) is 0. The van der Waals surface area contributed by atoms with Crippen LogP contribution in [0.25, 0.3) is 0 Å². The maximum Gasteiger partial charge on any atom is 0.0286 e. The molecule has 0 aliphatic rings. The Hall–Kier alpha value is -0.720. The minimum absolute atomic E-state index is 0.510. The predicted molar refractivity (Wildman–Crippen MR) is 42.2 cm³/mol. The van der Waals surface area contributed by atoms with Crippen molar-refractivity contribution in [3.8, 4) is 0 Å². The van der Waals surface area contributed by atoms with E-state index in [4.69, 9.17) is 0 Å². The SMILES string of the molecule is C=CC(=C)N(C)C(C)C. The number of hydrogen-bond donors (Lipinski definition) is 0. The summed E-state index contributed by atoms with van der Waals surface area (Å²) < 4.78 is 0. The summed E-state index contributed by atoms with van der Waals surface area (Å²) in [6.07, 6.45) is 1.76. The third-order valence-electron chi connectivity index (χ3n) is 1.46. The first-order chi connectivity index (χ1) is 4.09. The molecule has 0 saturated carbocycles. The molecule has 52 valence electrons. The monoisotopic (exact) mass is 125 g/mol. The van der Waals surface area contributed by atoms with Crippen LogP contribution in [0.3, 0.4) is 0 Å². The maximum absolute atomic E-state index is 3.80. The Kier molecular flexibility index (Phi) is 3.07. The lowest BCUT2D eigenvalue weighted by Crippen LogP contribution is -2.23. The second-order valence-corrected chi connectivity index (χ2v) is 2.40. The minimum atomic E-state index is 0.510. The van der Waals surface area contributed by atoms with Gasteiger partial charge in [-0.05, 0) is 19.9 Å². The van der Waals surface area contributed by atoms with Gasteiger partial charge in [0.25, 0.3) is 0 Å². The van der Waals surface area contributed by atoms with Crippen molar-refractivity contribution in [2.75, 3.05) is 7.05 Å². The van der Waals surface area contributed by atoms with Gasteiger partial charge >= 0.3 is 0 Å². The molecular formula is C8H15N. The summed E-state index contributed by atoms with van der Waals surface area (Å²) >= 11 is 0. The lowest BCUT2D eigenvalue weighted by atomic mass is 10.3. The van der Waals surface area contributed by atoms with Gasteiger partial charge in [-0.1, -0.05) is 13.2 Å². The van der Waals surface area contributed by atoms with Crippen LogP contribution in [0, 0.1) is 0 Å². The van der Waals surface area contributed by atoms with Crippen LogP contribution in [0.1, 0.15) is 13.8 Å². The van der Waals surface area contributed by atoms with Crippen LogP contribution in [-0.4, -0.2) is 18.0 Å². The molecule has 1 heteroatoms. The Labute approximate surface area is 57.7 Å².